The van der Waals surface area contributed by atoms with E-state index in [0.717, 1.165) is 24.5 Å². The molecule has 7 heteroatoms. The van der Waals surface area contributed by atoms with Gasteiger partial charge in [0.25, 0.3) is 0 Å². The highest BCUT2D eigenvalue weighted by Gasteiger charge is 2.21. The first kappa shape index (κ1) is 12.8. The van der Waals surface area contributed by atoms with Crippen LogP contribution in [0.2, 0.25) is 0 Å². The lowest BCUT2D eigenvalue weighted by Gasteiger charge is -2.17. The van der Waals surface area contributed by atoms with Crippen LogP contribution in [-0.4, -0.2) is 26.9 Å². The molecule has 3 heterocycles. The number of nitrogens with one attached hydrogen (secondary N) is 1. The smallest absolute Gasteiger partial charge is 0.250 e. The zero-order valence-electron chi connectivity index (χ0n) is 12.0. The molecule has 0 saturated carbocycles. The average Bonchev–Trinajstić information content (AvgIpc) is 3.14. The molecule has 2 aromatic heterocycles. The van der Waals surface area contributed by atoms with Gasteiger partial charge in [-0.3, -0.25) is 0 Å². The molecule has 0 fully saturated rings. The van der Waals surface area contributed by atoms with Crippen molar-refractivity contribution in [3.05, 3.63) is 47.9 Å². The molecular formula is C15H14N6O. The number of anilines is 4. The maximum Gasteiger partial charge on any atom is 0.250 e. The Morgan fingerprint density at radius 2 is 2.18 bits per heavy atom. The Balaban J connectivity index is 1.63. The number of fused-ring (bicyclic) bond motifs is 1. The second kappa shape index (κ2) is 5.10. The first-order valence-corrected chi connectivity index (χ1v) is 7.05. The van der Waals surface area contributed by atoms with Gasteiger partial charge in [-0.05, 0) is 25.0 Å². The van der Waals surface area contributed by atoms with E-state index in [0.29, 0.717) is 11.8 Å². The van der Waals surface area contributed by atoms with Gasteiger partial charge in [-0.15, -0.1) is 5.10 Å². The van der Waals surface area contributed by atoms with Crippen LogP contribution in [0.3, 0.4) is 0 Å². The first-order chi connectivity index (χ1) is 10.8. The van der Waals surface area contributed by atoms with Crippen molar-refractivity contribution in [1.82, 2.24) is 20.3 Å². The Kier molecular flexibility index (Phi) is 2.96. The Labute approximate surface area is 127 Å². The van der Waals surface area contributed by atoms with E-state index in [9.17, 15) is 0 Å². The molecule has 0 bridgehead atoms. The molecule has 3 aromatic rings. The zero-order valence-corrected chi connectivity index (χ0v) is 12.0. The summed E-state index contributed by atoms with van der Waals surface area (Å²) in [7, 11) is 0. The van der Waals surface area contributed by atoms with Crippen molar-refractivity contribution < 1.29 is 4.52 Å². The largest absolute Gasteiger partial charge is 0.360 e. The topological polar surface area (TPSA) is 80.0 Å². The molecule has 1 aliphatic heterocycles. The van der Waals surface area contributed by atoms with E-state index in [1.165, 1.54) is 11.3 Å². The van der Waals surface area contributed by atoms with E-state index >= 15 is 0 Å². The van der Waals surface area contributed by atoms with Crippen LogP contribution in [0, 0.1) is 6.92 Å². The van der Waals surface area contributed by atoms with Gasteiger partial charge in [0.15, 0.2) is 11.6 Å². The van der Waals surface area contributed by atoms with Gasteiger partial charge in [-0.2, -0.15) is 10.1 Å². The van der Waals surface area contributed by atoms with Crippen molar-refractivity contribution in [2.75, 3.05) is 16.8 Å². The molecule has 22 heavy (non-hydrogen) atoms. The van der Waals surface area contributed by atoms with Gasteiger partial charge in [0.2, 0.25) is 5.95 Å². The number of hydrogen-bond donors (Lipinski definition) is 1. The summed E-state index contributed by atoms with van der Waals surface area (Å²) in [6.45, 7) is 2.72. The highest BCUT2D eigenvalue weighted by atomic mass is 16.5. The Morgan fingerprint density at radius 3 is 3.05 bits per heavy atom. The minimum Gasteiger partial charge on any atom is -0.360 e. The molecule has 0 saturated heterocycles. The highest BCUT2D eigenvalue weighted by molar-refractivity contribution is 5.67. The second-order valence-corrected chi connectivity index (χ2v) is 5.12. The second-order valence-electron chi connectivity index (χ2n) is 5.12. The van der Waals surface area contributed by atoms with Gasteiger partial charge in [0.05, 0.1) is 6.20 Å². The third-order valence-electron chi connectivity index (χ3n) is 3.58. The third-order valence-corrected chi connectivity index (χ3v) is 3.58. The number of rotatable bonds is 3. The number of nitrogens with zero attached hydrogens (tertiary/aromatic N) is 5. The van der Waals surface area contributed by atoms with E-state index in [2.05, 4.69) is 48.8 Å². The van der Waals surface area contributed by atoms with Crippen LogP contribution in [0.15, 0.2) is 41.1 Å². The normalized spacial score (nSPS) is 13.2. The molecular weight excluding hydrogens is 280 g/mol. The molecule has 0 unspecified atom stereocenters. The fraction of sp³-hybridized carbons (Fsp3) is 0.200. The van der Waals surface area contributed by atoms with Crippen molar-refractivity contribution >= 4 is 23.3 Å². The van der Waals surface area contributed by atoms with Crippen molar-refractivity contribution in [3.63, 3.8) is 0 Å². The maximum absolute atomic E-state index is 5.01. The van der Waals surface area contributed by atoms with Crippen LogP contribution in [0.25, 0.3) is 0 Å². The summed E-state index contributed by atoms with van der Waals surface area (Å²) in [5, 5.41) is 14.9. The number of aryl methyl sites for hydroxylation is 1. The van der Waals surface area contributed by atoms with Crippen LogP contribution in [0.1, 0.15) is 11.3 Å². The average molecular weight is 294 g/mol. The number of benzene rings is 1. The molecule has 1 N–H and O–H groups in total. The predicted octanol–water partition coefficient (Wildman–Crippen LogP) is 2.61. The lowest BCUT2D eigenvalue weighted by molar-refractivity contribution is 0.400. The van der Waals surface area contributed by atoms with Crippen molar-refractivity contribution in [1.29, 1.82) is 0 Å². The van der Waals surface area contributed by atoms with E-state index in [-0.39, 0.29) is 0 Å². The fourth-order valence-corrected chi connectivity index (χ4v) is 2.59. The van der Waals surface area contributed by atoms with E-state index in [1.54, 1.807) is 12.3 Å². The minimum atomic E-state index is 0.398. The Hall–Kier alpha value is -2.96. The summed E-state index contributed by atoms with van der Waals surface area (Å²) in [6, 6.07) is 10.1. The predicted molar refractivity (Wildman–Crippen MR) is 81.5 cm³/mol. The standard InChI is InChI=1S/C15H14N6O/c1-10-8-13(20-22-10)17-15-18-14(9-16-19-15)21-7-6-11-4-2-3-5-12(11)21/h2-5,8-9H,6-7H2,1H3,(H,17,18,19,20). The summed E-state index contributed by atoms with van der Waals surface area (Å²) >= 11 is 0. The van der Waals surface area contributed by atoms with Crippen LogP contribution >= 0.6 is 0 Å². The van der Waals surface area contributed by atoms with Gasteiger partial charge in [-0.1, -0.05) is 23.4 Å². The lowest BCUT2D eigenvalue weighted by atomic mass is 10.2. The zero-order chi connectivity index (χ0) is 14.9. The molecule has 0 atom stereocenters. The summed E-state index contributed by atoms with van der Waals surface area (Å²) in [5.41, 5.74) is 2.49. The van der Waals surface area contributed by atoms with Crippen LogP contribution in [0.4, 0.5) is 23.3 Å². The Bertz CT molecular complexity index is 815. The summed E-state index contributed by atoms with van der Waals surface area (Å²) in [4.78, 5) is 6.66. The molecule has 1 aliphatic rings. The molecule has 1 aromatic carbocycles. The SMILES string of the molecule is Cc1cc(Nc2nncc(N3CCc4ccccc43)n2)no1. The van der Waals surface area contributed by atoms with Gasteiger partial charge in [0.1, 0.15) is 5.76 Å². The summed E-state index contributed by atoms with van der Waals surface area (Å²) < 4.78 is 5.01. The molecule has 0 aliphatic carbocycles. The third kappa shape index (κ3) is 2.26. The minimum absolute atomic E-state index is 0.398. The highest BCUT2D eigenvalue weighted by Crippen LogP contribution is 2.33. The van der Waals surface area contributed by atoms with E-state index in [1.807, 2.05) is 13.0 Å². The van der Waals surface area contributed by atoms with Crippen LogP contribution in [-0.2, 0) is 6.42 Å². The number of hydrogen-bond acceptors (Lipinski definition) is 7. The van der Waals surface area contributed by atoms with E-state index in [4.69, 9.17) is 4.52 Å². The summed E-state index contributed by atoms with van der Waals surface area (Å²) in [6.07, 6.45) is 2.67. The van der Waals surface area contributed by atoms with Gasteiger partial charge in [0, 0.05) is 18.3 Å². The lowest BCUT2D eigenvalue weighted by Crippen LogP contribution is -2.16. The molecule has 0 radical (unpaired) electrons. The Morgan fingerprint density at radius 1 is 1.27 bits per heavy atom. The quantitative estimate of drug-likeness (QED) is 0.795. The van der Waals surface area contributed by atoms with Gasteiger partial charge in [-0.25, -0.2) is 0 Å². The molecule has 7 nitrogen and oxygen atoms in total. The molecule has 0 amide bonds. The van der Waals surface area contributed by atoms with Gasteiger partial charge >= 0.3 is 0 Å². The van der Waals surface area contributed by atoms with Gasteiger partial charge < -0.3 is 14.7 Å². The van der Waals surface area contributed by atoms with E-state index < -0.39 is 0 Å². The van der Waals surface area contributed by atoms with Crippen molar-refractivity contribution in [3.8, 4) is 0 Å². The molecule has 4 rings (SSSR count). The molecule has 110 valence electrons. The number of para-hydroxylation sites is 1. The van der Waals surface area contributed by atoms with Crippen molar-refractivity contribution in [2.24, 2.45) is 0 Å². The maximum atomic E-state index is 5.01. The summed E-state index contributed by atoms with van der Waals surface area (Å²) in [5.74, 6) is 2.45. The van der Waals surface area contributed by atoms with Crippen LogP contribution in [0.5, 0.6) is 0 Å². The first-order valence-electron chi connectivity index (χ1n) is 7.05. The monoisotopic (exact) mass is 294 g/mol. The fourth-order valence-electron chi connectivity index (χ4n) is 2.59. The number of aromatic nitrogens is 4. The molecule has 0 spiro atoms. The van der Waals surface area contributed by atoms with Crippen LogP contribution < -0.4 is 10.2 Å². The van der Waals surface area contributed by atoms with Crippen molar-refractivity contribution in [2.45, 2.75) is 13.3 Å².